The van der Waals surface area contributed by atoms with Gasteiger partial charge in [0.1, 0.15) is 5.54 Å². The highest BCUT2D eigenvalue weighted by molar-refractivity contribution is 5.77. The molecule has 0 saturated heterocycles. The van der Waals surface area contributed by atoms with E-state index in [2.05, 4.69) is 19.2 Å². The maximum atomic E-state index is 10.7. The summed E-state index contributed by atoms with van der Waals surface area (Å²) in [6.07, 6.45) is 1.93. The fourth-order valence-corrected chi connectivity index (χ4v) is 1.06. The monoisotopic (exact) mass is 173 g/mol. The molecular weight excluding hydrogens is 154 g/mol. The quantitative estimate of drug-likeness (QED) is 0.664. The molecule has 0 bridgehead atoms. The van der Waals surface area contributed by atoms with Crippen LogP contribution in [-0.4, -0.2) is 22.7 Å². The molecule has 0 aromatic rings. The number of hydrogen-bond donors (Lipinski definition) is 2. The minimum atomic E-state index is -0.809. The fraction of sp³-hybridized carbons (Fsp3) is 0.889. The molecule has 0 rings (SSSR count). The third-order valence-electron chi connectivity index (χ3n) is 2.09. The van der Waals surface area contributed by atoms with Gasteiger partial charge in [-0.25, -0.2) is 0 Å². The van der Waals surface area contributed by atoms with Gasteiger partial charge in [0.15, 0.2) is 0 Å². The summed E-state index contributed by atoms with van der Waals surface area (Å²) in [5.41, 5.74) is -0.809. The van der Waals surface area contributed by atoms with Gasteiger partial charge in [-0.2, -0.15) is 0 Å². The van der Waals surface area contributed by atoms with Crippen molar-refractivity contribution in [2.45, 2.75) is 52.1 Å². The summed E-state index contributed by atoms with van der Waals surface area (Å²) in [6.45, 7) is 7.49. The van der Waals surface area contributed by atoms with Crippen LogP contribution in [0.1, 0.15) is 40.5 Å². The summed E-state index contributed by atoms with van der Waals surface area (Å²) in [6, 6.07) is 0.302. The van der Waals surface area contributed by atoms with Crippen molar-refractivity contribution >= 4 is 5.97 Å². The van der Waals surface area contributed by atoms with Crippen molar-refractivity contribution in [2.24, 2.45) is 0 Å². The Labute approximate surface area is 74.2 Å². The van der Waals surface area contributed by atoms with Gasteiger partial charge in [-0.05, 0) is 26.7 Å². The molecule has 0 atom stereocenters. The van der Waals surface area contributed by atoms with Gasteiger partial charge in [-0.15, -0.1) is 0 Å². The van der Waals surface area contributed by atoms with Crippen LogP contribution in [0.15, 0.2) is 0 Å². The molecule has 0 unspecified atom stereocenters. The zero-order valence-electron chi connectivity index (χ0n) is 8.35. The Kier molecular flexibility index (Phi) is 4.24. The van der Waals surface area contributed by atoms with E-state index in [1.165, 1.54) is 0 Å². The van der Waals surface area contributed by atoms with Gasteiger partial charge in [0.05, 0.1) is 0 Å². The Bertz CT molecular complexity index is 151. The van der Waals surface area contributed by atoms with Gasteiger partial charge in [-0.1, -0.05) is 13.8 Å². The van der Waals surface area contributed by atoms with Gasteiger partial charge in [0, 0.05) is 6.04 Å². The highest BCUT2D eigenvalue weighted by Crippen LogP contribution is 2.07. The minimum Gasteiger partial charge on any atom is -0.480 e. The summed E-state index contributed by atoms with van der Waals surface area (Å²) in [4.78, 5) is 10.7. The molecular formula is C9H19NO2. The van der Waals surface area contributed by atoms with Gasteiger partial charge >= 0.3 is 5.97 Å². The summed E-state index contributed by atoms with van der Waals surface area (Å²) in [5, 5.41) is 11.9. The lowest BCUT2D eigenvalue weighted by atomic mass is 10.0. The molecule has 0 aromatic carbocycles. The lowest BCUT2D eigenvalue weighted by Crippen LogP contribution is -2.51. The second-order valence-corrected chi connectivity index (χ2v) is 3.59. The van der Waals surface area contributed by atoms with Crippen LogP contribution in [0.3, 0.4) is 0 Å². The molecule has 0 aliphatic rings. The number of carbonyl (C=O) groups is 1. The average Bonchev–Trinajstić information content (AvgIpc) is 2.00. The van der Waals surface area contributed by atoms with E-state index in [0.29, 0.717) is 6.04 Å². The molecule has 0 radical (unpaired) electrons. The second kappa shape index (κ2) is 4.45. The van der Waals surface area contributed by atoms with E-state index in [9.17, 15) is 4.79 Å². The lowest BCUT2D eigenvalue weighted by molar-refractivity contribution is -0.143. The molecule has 0 aromatic heterocycles. The third kappa shape index (κ3) is 3.22. The first kappa shape index (κ1) is 11.4. The predicted molar refractivity (Wildman–Crippen MR) is 49.2 cm³/mol. The van der Waals surface area contributed by atoms with Crippen LogP contribution in [0.4, 0.5) is 0 Å². The Balaban J connectivity index is 4.12. The number of aliphatic carboxylic acids is 1. The predicted octanol–water partition coefficient (Wildman–Crippen LogP) is 1.63. The third-order valence-corrected chi connectivity index (χ3v) is 2.09. The van der Waals surface area contributed by atoms with Gasteiger partial charge in [0.2, 0.25) is 0 Å². The van der Waals surface area contributed by atoms with Crippen molar-refractivity contribution in [1.29, 1.82) is 0 Å². The largest absolute Gasteiger partial charge is 0.480 e. The van der Waals surface area contributed by atoms with Gasteiger partial charge in [0.25, 0.3) is 0 Å². The average molecular weight is 173 g/mol. The van der Waals surface area contributed by atoms with Crippen LogP contribution >= 0.6 is 0 Å². The van der Waals surface area contributed by atoms with Crippen LogP contribution < -0.4 is 5.32 Å². The maximum absolute atomic E-state index is 10.7. The molecule has 0 aliphatic carbocycles. The zero-order valence-corrected chi connectivity index (χ0v) is 8.35. The van der Waals surface area contributed by atoms with Gasteiger partial charge in [-0.3, -0.25) is 10.1 Å². The molecule has 0 heterocycles. The topological polar surface area (TPSA) is 49.3 Å². The molecule has 0 saturated carbocycles. The molecule has 0 amide bonds. The highest BCUT2D eigenvalue weighted by Gasteiger charge is 2.28. The standard InChI is InChI=1S/C9H19NO2/c1-5-7(6-2)10-9(3,4)8(11)12/h7,10H,5-6H2,1-4H3,(H,11,12). The molecule has 0 aliphatic heterocycles. The first-order chi connectivity index (χ1) is 5.44. The van der Waals surface area contributed by atoms with Crippen molar-refractivity contribution in [3.8, 4) is 0 Å². The summed E-state index contributed by atoms with van der Waals surface area (Å²) in [5.74, 6) is -0.797. The minimum absolute atomic E-state index is 0.302. The summed E-state index contributed by atoms with van der Waals surface area (Å²) in [7, 11) is 0. The van der Waals surface area contributed by atoms with Crippen molar-refractivity contribution in [3.05, 3.63) is 0 Å². The Morgan fingerprint density at radius 2 is 1.83 bits per heavy atom. The maximum Gasteiger partial charge on any atom is 0.323 e. The molecule has 72 valence electrons. The molecule has 12 heavy (non-hydrogen) atoms. The zero-order chi connectivity index (χ0) is 9.78. The number of hydrogen-bond acceptors (Lipinski definition) is 2. The Hall–Kier alpha value is -0.570. The fourth-order valence-electron chi connectivity index (χ4n) is 1.06. The first-order valence-corrected chi connectivity index (χ1v) is 4.45. The Morgan fingerprint density at radius 1 is 1.42 bits per heavy atom. The number of nitrogens with one attached hydrogen (secondary N) is 1. The van der Waals surface area contributed by atoms with Crippen molar-refractivity contribution in [2.75, 3.05) is 0 Å². The van der Waals surface area contributed by atoms with E-state index in [-0.39, 0.29) is 0 Å². The summed E-state index contributed by atoms with van der Waals surface area (Å²) >= 11 is 0. The van der Waals surface area contributed by atoms with Crippen LogP contribution in [-0.2, 0) is 4.79 Å². The van der Waals surface area contributed by atoms with Crippen molar-refractivity contribution in [1.82, 2.24) is 5.32 Å². The molecule has 3 nitrogen and oxygen atoms in total. The van der Waals surface area contributed by atoms with E-state index in [4.69, 9.17) is 5.11 Å². The van der Waals surface area contributed by atoms with E-state index >= 15 is 0 Å². The SMILES string of the molecule is CCC(CC)NC(C)(C)C(=O)O. The first-order valence-electron chi connectivity index (χ1n) is 4.45. The van der Waals surface area contributed by atoms with Crippen LogP contribution in [0.5, 0.6) is 0 Å². The normalized spacial score (nSPS) is 12.1. The molecule has 0 fully saturated rings. The number of carboxylic acid groups (broad SMARTS) is 1. The van der Waals surface area contributed by atoms with Crippen LogP contribution in [0, 0.1) is 0 Å². The highest BCUT2D eigenvalue weighted by atomic mass is 16.4. The van der Waals surface area contributed by atoms with Crippen molar-refractivity contribution < 1.29 is 9.90 Å². The number of rotatable bonds is 5. The van der Waals surface area contributed by atoms with E-state index < -0.39 is 11.5 Å². The Morgan fingerprint density at radius 3 is 2.08 bits per heavy atom. The van der Waals surface area contributed by atoms with E-state index in [1.54, 1.807) is 13.8 Å². The van der Waals surface area contributed by atoms with E-state index in [1.807, 2.05) is 0 Å². The molecule has 2 N–H and O–H groups in total. The number of carboxylic acids is 1. The smallest absolute Gasteiger partial charge is 0.323 e. The van der Waals surface area contributed by atoms with Gasteiger partial charge < -0.3 is 5.11 Å². The van der Waals surface area contributed by atoms with Crippen molar-refractivity contribution in [3.63, 3.8) is 0 Å². The summed E-state index contributed by atoms with van der Waals surface area (Å²) < 4.78 is 0. The van der Waals surface area contributed by atoms with Crippen LogP contribution in [0.2, 0.25) is 0 Å². The molecule has 3 heteroatoms. The molecule has 0 spiro atoms. The van der Waals surface area contributed by atoms with E-state index in [0.717, 1.165) is 12.8 Å². The second-order valence-electron chi connectivity index (χ2n) is 3.59. The lowest BCUT2D eigenvalue weighted by Gasteiger charge is -2.26. The van der Waals surface area contributed by atoms with Crippen LogP contribution in [0.25, 0.3) is 0 Å².